The molecule has 5 nitrogen and oxygen atoms in total. The molecule has 0 saturated heterocycles. The lowest BCUT2D eigenvalue weighted by atomic mass is 10.1. The summed E-state index contributed by atoms with van der Waals surface area (Å²) in [6.45, 7) is 3.98. The van der Waals surface area contributed by atoms with Crippen molar-refractivity contribution in [1.82, 2.24) is 18.8 Å². The van der Waals surface area contributed by atoms with Gasteiger partial charge in [0.2, 0.25) is 0 Å². The first-order chi connectivity index (χ1) is 10.6. The molecule has 4 aromatic rings. The Kier molecular flexibility index (Phi) is 2.63. The van der Waals surface area contributed by atoms with E-state index in [2.05, 4.69) is 9.97 Å². The van der Waals surface area contributed by atoms with E-state index in [9.17, 15) is 4.79 Å². The third-order valence-corrected chi connectivity index (χ3v) is 3.72. The van der Waals surface area contributed by atoms with Gasteiger partial charge in [0.15, 0.2) is 0 Å². The van der Waals surface area contributed by atoms with Crippen LogP contribution in [0.2, 0.25) is 0 Å². The molecule has 4 aromatic heterocycles. The average molecular weight is 290 g/mol. The van der Waals surface area contributed by atoms with Crippen LogP contribution in [0, 0.1) is 13.8 Å². The lowest BCUT2D eigenvalue weighted by Crippen LogP contribution is -2.13. The molecule has 22 heavy (non-hydrogen) atoms. The highest BCUT2D eigenvalue weighted by molar-refractivity contribution is 5.65. The Morgan fingerprint density at radius 2 is 1.91 bits per heavy atom. The molecule has 0 aliphatic rings. The van der Waals surface area contributed by atoms with Gasteiger partial charge in [-0.3, -0.25) is 9.20 Å². The number of rotatable bonds is 1. The lowest BCUT2D eigenvalue weighted by Gasteiger charge is -2.06. The molecule has 0 unspecified atom stereocenters. The van der Waals surface area contributed by atoms with Crippen LogP contribution in [0.25, 0.3) is 22.6 Å². The van der Waals surface area contributed by atoms with Gasteiger partial charge in [-0.2, -0.15) is 0 Å². The minimum absolute atomic E-state index is 0.0832. The zero-order valence-corrected chi connectivity index (χ0v) is 12.3. The van der Waals surface area contributed by atoms with Gasteiger partial charge in [-0.05, 0) is 37.6 Å². The SMILES string of the molecule is Cc1cn2cc(-c3cc(=O)n4ccccc4n3)cc(C)c2n1. The van der Waals surface area contributed by atoms with E-state index in [-0.39, 0.29) is 5.56 Å². The molecule has 0 saturated carbocycles. The summed E-state index contributed by atoms with van der Waals surface area (Å²) in [7, 11) is 0. The Bertz CT molecular complexity index is 1080. The maximum absolute atomic E-state index is 12.2. The van der Waals surface area contributed by atoms with Gasteiger partial charge in [0.25, 0.3) is 5.56 Å². The monoisotopic (exact) mass is 290 g/mol. The Labute approximate surface area is 126 Å². The van der Waals surface area contributed by atoms with Crippen molar-refractivity contribution in [2.75, 3.05) is 0 Å². The van der Waals surface area contributed by atoms with Crippen LogP contribution in [-0.2, 0) is 0 Å². The molecule has 0 bridgehead atoms. The van der Waals surface area contributed by atoms with Gasteiger partial charge >= 0.3 is 0 Å². The van der Waals surface area contributed by atoms with E-state index in [1.807, 2.05) is 54.9 Å². The van der Waals surface area contributed by atoms with Crippen LogP contribution < -0.4 is 5.56 Å². The number of imidazole rings is 1. The summed E-state index contributed by atoms with van der Waals surface area (Å²) in [6.07, 6.45) is 5.66. The summed E-state index contributed by atoms with van der Waals surface area (Å²) in [4.78, 5) is 21.3. The second-order valence-electron chi connectivity index (χ2n) is 5.43. The van der Waals surface area contributed by atoms with Crippen molar-refractivity contribution in [2.24, 2.45) is 0 Å². The number of nitrogens with zero attached hydrogens (tertiary/aromatic N) is 4. The molecule has 5 heteroatoms. The van der Waals surface area contributed by atoms with E-state index in [0.29, 0.717) is 11.3 Å². The lowest BCUT2D eigenvalue weighted by molar-refractivity contribution is 1.05. The summed E-state index contributed by atoms with van der Waals surface area (Å²) >= 11 is 0. The molecule has 0 amide bonds. The van der Waals surface area contributed by atoms with Crippen LogP contribution >= 0.6 is 0 Å². The fourth-order valence-corrected chi connectivity index (χ4v) is 2.73. The van der Waals surface area contributed by atoms with Gasteiger partial charge in [0.1, 0.15) is 11.3 Å². The maximum atomic E-state index is 12.2. The van der Waals surface area contributed by atoms with Gasteiger partial charge in [-0.1, -0.05) is 6.07 Å². The molecule has 0 atom stereocenters. The predicted octanol–water partition coefficient (Wildman–Crippen LogP) is 2.63. The molecule has 0 aliphatic heterocycles. The number of fused-ring (bicyclic) bond motifs is 2. The smallest absolute Gasteiger partial charge is 0.258 e. The molecule has 0 radical (unpaired) electrons. The largest absolute Gasteiger partial charge is 0.306 e. The van der Waals surface area contributed by atoms with Crippen molar-refractivity contribution < 1.29 is 0 Å². The highest BCUT2D eigenvalue weighted by Crippen LogP contribution is 2.21. The molecule has 0 aliphatic carbocycles. The first-order valence-corrected chi connectivity index (χ1v) is 7.06. The van der Waals surface area contributed by atoms with Crippen molar-refractivity contribution in [3.8, 4) is 11.3 Å². The number of pyridine rings is 2. The van der Waals surface area contributed by atoms with Crippen LogP contribution in [-0.4, -0.2) is 18.8 Å². The molecule has 108 valence electrons. The second kappa shape index (κ2) is 4.53. The van der Waals surface area contributed by atoms with Gasteiger partial charge < -0.3 is 4.40 Å². The van der Waals surface area contributed by atoms with Gasteiger partial charge in [-0.25, -0.2) is 9.97 Å². The zero-order valence-electron chi connectivity index (χ0n) is 12.3. The molecule has 0 fully saturated rings. The van der Waals surface area contributed by atoms with E-state index in [4.69, 9.17) is 0 Å². The van der Waals surface area contributed by atoms with Crippen LogP contribution in [0.15, 0.2) is 53.7 Å². The number of hydrogen-bond donors (Lipinski definition) is 0. The van der Waals surface area contributed by atoms with E-state index >= 15 is 0 Å². The first kappa shape index (κ1) is 12.8. The van der Waals surface area contributed by atoms with Crippen molar-refractivity contribution >= 4 is 11.3 Å². The Morgan fingerprint density at radius 3 is 2.77 bits per heavy atom. The Balaban J connectivity index is 2.00. The summed E-state index contributed by atoms with van der Waals surface area (Å²) in [5, 5.41) is 0. The van der Waals surface area contributed by atoms with Crippen LogP contribution in [0.4, 0.5) is 0 Å². The van der Waals surface area contributed by atoms with Gasteiger partial charge in [-0.15, -0.1) is 0 Å². The molecule has 4 heterocycles. The molecular weight excluding hydrogens is 276 g/mol. The van der Waals surface area contributed by atoms with Crippen molar-refractivity contribution in [2.45, 2.75) is 13.8 Å². The van der Waals surface area contributed by atoms with E-state index in [1.165, 1.54) is 4.40 Å². The normalized spacial score (nSPS) is 11.4. The molecule has 0 N–H and O–H groups in total. The Hall–Kier alpha value is -2.95. The van der Waals surface area contributed by atoms with Crippen LogP contribution in [0.5, 0.6) is 0 Å². The summed E-state index contributed by atoms with van der Waals surface area (Å²) in [6, 6.07) is 9.11. The summed E-state index contributed by atoms with van der Waals surface area (Å²) < 4.78 is 3.52. The summed E-state index contributed by atoms with van der Waals surface area (Å²) in [5.41, 5.74) is 5.09. The third-order valence-electron chi connectivity index (χ3n) is 3.72. The van der Waals surface area contributed by atoms with Crippen molar-refractivity contribution in [1.29, 1.82) is 0 Å². The molecule has 4 rings (SSSR count). The summed E-state index contributed by atoms with van der Waals surface area (Å²) in [5.74, 6) is 0. The third kappa shape index (κ3) is 1.90. The standard InChI is InChI=1S/C17H14N4O/c1-11-7-13(10-20-9-12(2)18-17(11)20)14-8-16(22)21-6-4-3-5-15(21)19-14/h3-10H,1-2H3. The van der Waals surface area contributed by atoms with Crippen molar-refractivity contribution in [3.63, 3.8) is 0 Å². The average Bonchev–Trinajstić information content (AvgIpc) is 2.88. The fraction of sp³-hybridized carbons (Fsp3) is 0.118. The highest BCUT2D eigenvalue weighted by atomic mass is 16.1. The highest BCUT2D eigenvalue weighted by Gasteiger charge is 2.08. The molecule has 0 aromatic carbocycles. The van der Waals surface area contributed by atoms with Crippen LogP contribution in [0.3, 0.4) is 0 Å². The first-order valence-electron chi connectivity index (χ1n) is 7.06. The van der Waals surface area contributed by atoms with Gasteiger partial charge in [0.05, 0.1) is 11.4 Å². The van der Waals surface area contributed by atoms with Crippen molar-refractivity contribution in [3.05, 3.63) is 70.5 Å². The van der Waals surface area contributed by atoms with E-state index in [1.54, 1.807) is 12.3 Å². The quantitative estimate of drug-likeness (QED) is 0.541. The number of aryl methyl sites for hydroxylation is 2. The second-order valence-corrected chi connectivity index (χ2v) is 5.43. The maximum Gasteiger partial charge on any atom is 0.258 e. The van der Waals surface area contributed by atoms with Crippen LogP contribution in [0.1, 0.15) is 11.3 Å². The topological polar surface area (TPSA) is 51.7 Å². The predicted molar refractivity (Wildman–Crippen MR) is 85.1 cm³/mol. The number of hydrogen-bond acceptors (Lipinski definition) is 3. The molecular formula is C17H14N4O. The van der Waals surface area contributed by atoms with Gasteiger partial charge in [0, 0.05) is 30.2 Å². The fourth-order valence-electron chi connectivity index (χ4n) is 2.73. The van der Waals surface area contributed by atoms with E-state index in [0.717, 1.165) is 22.5 Å². The van der Waals surface area contributed by atoms with E-state index < -0.39 is 0 Å². The molecule has 0 spiro atoms. The minimum Gasteiger partial charge on any atom is -0.306 e. The minimum atomic E-state index is -0.0832. The number of aromatic nitrogens is 4. The Morgan fingerprint density at radius 1 is 1.05 bits per heavy atom. The zero-order chi connectivity index (χ0) is 15.3.